The molecule has 1 aromatic heterocycles. The fourth-order valence-corrected chi connectivity index (χ4v) is 3.50. The maximum atomic E-state index is 12.7. The van der Waals surface area contributed by atoms with Crippen LogP contribution in [0.4, 0.5) is 0 Å². The van der Waals surface area contributed by atoms with Crippen LogP contribution in [0.25, 0.3) is 0 Å². The molecular weight excluding hydrogens is 286 g/mol. The topological polar surface area (TPSA) is 46.1 Å². The first-order valence-corrected chi connectivity index (χ1v) is 8.27. The predicted molar refractivity (Wildman–Crippen MR) is 89.9 cm³/mol. The van der Waals surface area contributed by atoms with Crippen molar-refractivity contribution in [1.82, 2.24) is 14.9 Å². The lowest BCUT2D eigenvalue weighted by Crippen LogP contribution is -2.46. The third-order valence-corrected chi connectivity index (χ3v) is 4.72. The van der Waals surface area contributed by atoms with E-state index >= 15 is 0 Å². The van der Waals surface area contributed by atoms with Crippen molar-refractivity contribution in [3.63, 3.8) is 0 Å². The van der Waals surface area contributed by atoms with Crippen LogP contribution in [0.5, 0.6) is 0 Å². The molecule has 23 heavy (non-hydrogen) atoms. The first-order chi connectivity index (χ1) is 11.2. The molecule has 1 aromatic carbocycles. The smallest absolute Gasteiger partial charge is 0.223 e. The Morgan fingerprint density at radius 2 is 2.09 bits per heavy atom. The van der Waals surface area contributed by atoms with E-state index in [9.17, 15) is 4.79 Å². The highest BCUT2D eigenvalue weighted by Crippen LogP contribution is 2.33. The van der Waals surface area contributed by atoms with Gasteiger partial charge in [-0.15, -0.1) is 0 Å². The number of carbonyl (C=O) groups excluding carboxylic acids is 1. The Kier molecular flexibility index (Phi) is 4.70. The number of aryl methyl sites for hydroxylation is 1. The fraction of sp³-hybridized carbons (Fsp3) is 0.421. The van der Waals surface area contributed by atoms with Crippen LogP contribution in [0.1, 0.15) is 37.4 Å². The summed E-state index contributed by atoms with van der Waals surface area (Å²) < 4.78 is 0. The quantitative estimate of drug-likeness (QED) is 0.853. The van der Waals surface area contributed by atoms with Crippen molar-refractivity contribution in [3.05, 3.63) is 60.2 Å². The molecule has 3 rings (SSSR count). The zero-order chi connectivity index (χ0) is 16.1. The average Bonchev–Trinajstić information content (AvgIpc) is 2.96. The minimum absolute atomic E-state index is 0.0654. The van der Waals surface area contributed by atoms with E-state index in [1.165, 1.54) is 11.9 Å². The van der Waals surface area contributed by atoms with Crippen molar-refractivity contribution in [1.29, 1.82) is 0 Å². The molecular formula is C19H23N3O. The predicted octanol–water partition coefficient (Wildman–Crippen LogP) is 3.03. The van der Waals surface area contributed by atoms with E-state index in [0.717, 1.165) is 31.5 Å². The van der Waals surface area contributed by atoms with Crippen LogP contribution >= 0.6 is 0 Å². The molecule has 1 unspecified atom stereocenters. The number of likely N-dealkylation sites (tertiary alicyclic amines) is 1. The minimum atomic E-state index is -0.0654. The summed E-state index contributed by atoms with van der Waals surface area (Å²) in [5, 5.41) is 0. The molecule has 1 saturated heterocycles. The van der Waals surface area contributed by atoms with Crippen molar-refractivity contribution in [2.24, 2.45) is 0 Å². The molecule has 0 N–H and O–H groups in total. The summed E-state index contributed by atoms with van der Waals surface area (Å²) in [7, 11) is 0. The number of hydrogen-bond donors (Lipinski definition) is 0. The molecule has 0 bridgehead atoms. The highest BCUT2D eigenvalue weighted by molar-refractivity contribution is 5.77. The Bertz CT molecular complexity index is 644. The summed E-state index contributed by atoms with van der Waals surface area (Å²) in [6.07, 6.45) is 7.54. The lowest BCUT2D eigenvalue weighted by atomic mass is 9.90. The average molecular weight is 309 g/mol. The van der Waals surface area contributed by atoms with Crippen LogP contribution in [0.2, 0.25) is 0 Å². The molecule has 4 nitrogen and oxygen atoms in total. The van der Waals surface area contributed by atoms with Crippen LogP contribution in [0.15, 0.2) is 48.9 Å². The maximum absolute atomic E-state index is 12.7. The third kappa shape index (κ3) is 3.76. The number of aromatic nitrogens is 2. The second-order valence-electron chi connectivity index (χ2n) is 6.51. The van der Waals surface area contributed by atoms with E-state index < -0.39 is 0 Å². The molecule has 2 aromatic rings. The van der Waals surface area contributed by atoms with E-state index in [4.69, 9.17) is 0 Å². The number of carbonyl (C=O) groups is 1. The largest absolute Gasteiger partial charge is 0.337 e. The highest BCUT2D eigenvalue weighted by Gasteiger charge is 2.39. The first-order valence-electron chi connectivity index (χ1n) is 8.27. The van der Waals surface area contributed by atoms with Gasteiger partial charge in [0.1, 0.15) is 6.33 Å². The molecule has 1 amide bonds. The SMILES string of the molecule is CC1(Cc2ccccc2)CCCN1C(=O)CCc1ccncn1. The van der Waals surface area contributed by atoms with Gasteiger partial charge in [0.2, 0.25) is 5.91 Å². The van der Waals surface area contributed by atoms with Gasteiger partial charge >= 0.3 is 0 Å². The third-order valence-electron chi connectivity index (χ3n) is 4.72. The second kappa shape index (κ2) is 6.90. The van der Waals surface area contributed by atoms with Crippen molar-refractivity contribution in [2.75, 3.05) is 6.54 Å². The Hall–Kier alpha value is -2.23. The standard InChI is InChI=1S/C19H23N3O/c1-19(14-16-6-3-2-4-7-16)11-5-13-22(19)18(23)9-8-17-10-12-20-15-21-17/h2-4,6-7,10,12,15H,5,8-9,11,13-14H2,1H3. The zero-order valence-electron chi connectivity index (χ0n) is 13.6. The Morgan fingerprint density at radius 3 is 2.83 bits per heavy atom. The van der Waals surface area contributed by atoms with E-state index in [-0.39, 0.29) is 11.4 Å². The fourth-order valence-electron chi connectivity index (χ4n) is 3.50. The number of hydrogen-bond acceptors (Lipinski definition) is 3. The monoisotopic (exact) mass is 309 g/mol. The Morgan fingerprint density at radius 1 is 1.26 bits per heavy atom. The van der Waals surface area contributed by atoms with Crippen molar-refractivity contribution >= 4 is 5.91 Å². The molecule has 4 heteroatoms. The maximum Gasteiger partial charge on any atom is 0.223 e. The number of rotatable bonds is 5. The van der Waals surface area contributed by atoms with E-state index in [1.807, 2.05) is 12.1 Å². The molecule has 0 aliphatic carbocycles. The van der Waals surface area contributed by atoms with Gasteiger partial charge in [-0.1, -0.05) is 30.3 Å². The summed E-state index contributed by atoms with van der Waals surface area (Å²) >= 11 is 0. The van der Waals surface area contributed by atoms with Gasteiger partial charge < -0.3 is 4.90 Å². The van der Waals surface area contributed by atoms with E-state index in [2.05, 4.69) is 46.1 Å². The minimum Gasteiger partial charge on any atom is -0.337 e. The van der Waals surface area contributed by atoms with Crippen LogP contribution in [-0.4, -0.2) is 32.9 Å². The van der Waals surface area contributed by atoms with Crippen LogP contribution < -0.4 is 0 Å². The summed E-state index contributed by atoms with van der Waals surface area (Å²) in [5.41, 5.74) is 2.16. The second-order valence-corrected chi connectivity index (χ2v) is 6.51. The molecule has 1 aliphatic rings. The lowest BCUT2D eigenvalue weighted by Gasteiger charge is -2.36. The van der Waals surface area contributed by atoms with Crippen molar-refractivity contribution < 1.29 is 4.79 Å². The van der Waals surface area contributed by atoms with Crippen molar-refractivity contribution in [3.8, 4) is 0 Å². The molecule has 1 atom stereocenters. The van der Waals surface area contributed by atoms with E-state index in [1.54, 1.807) is 6.20 Å². The number of benzene rings is 1. The van der Waals surface area contributed by atoms with Gasteiger partial charge in [-0.25, -0.2) is 9.97 Å². The van der Waals surface area contributed by atoms with Gasteiger partial charge in [-0.3, -0.25) is 4.79 Å². The highest BCUT2D eigenvalue weighted by atomic mass is 16.2. The molecule has 0 saturated carbocycles. The molecule has 1 fully saturated rings. The molecule has 2 heterocycles. The van der Waals surface area contributed by atoms with Gasteiger partial charge in [0.25, 0.3) is 0 Å². The molecule has 120 valence electrons. The van der Waals surface area contributed by atoms with Gasteiger partial charge in [-0.2, -0.15) is 0 Å². The Balaban J connectivity index is 1.64. The zero-order valence-corrected chi connectivity index (χ0v) is 13.6. The van der Waals surface area contributed by atoms with E-state index in [0.29, 0.717) is 12.8 Å². The van der Waals surface area contributed by atoms with Crippen LogP contribution in [0.3, 0.4) is 0 Å². The number of amides is 1. The van der Waals surface area contributed by atoms with Gasteiger partial charge in [0, 0.05) is 30.4 Å². The molecule has 1 aliphatic heterocycles. The van der Waals surface area contributed by atoms with Gasteiger partial charge in [0.05, 0.1) is 0 Å². The normalized spacial score (nSPS) is 20.7. The summed E-state index contributed by atoms with van der Waals surface area (Å²) in [4.78, 5) is 22.9. The lowest BCUT2D eigenvalue weighted by molar-refractivity contribution is -0.134. The van der Waals surface area contributed by atoms with Crippen molar-refractivity contribution in [2.45, 2.75) is 44.6 Å². The first kappa shape index (κ1) is 15.7. The summed E-state index contributed by atoms with van der Waals surface area (Å²) in [5.74, 6) is 0.236. The molecule has 0 radical (unpaired) electrons. The summed E-state index contributed by atoms with van der Waals surface area (Å²) in [6, 6.07) is 12.3. The number of nitrogens with zero attached hydrogens (tertiary/aromatic N) is 3. The molecule has 0 spiro atoms. The van der Waals surface area contributed by atoms with Crippen LogP contribution in [0, 0.1) is 0 Å². The summed E-state index contributed by atoms with van der Waals surface area (Å²) in [6.45, 7) is 3.08. The Labute approximate surface area is 137 Å². The van der Waals surface area contributed by atoms with Crippen LogP contribution in [-0.2, 0) is 17.6 Å². The van der Waals surface area contributed by atoms with Gasteiger partial charge in [0.15, 0.2) is 0 Å². The van der Waals surface area contributed by atoms with Gasteiger partial charge in [-0.05, 0) is 44.2 Å².